The maximum absolute atomic E-state index is 12.8. The number of thiazole rings is 1. The van der Waals surface area contributed by atoms with Crippen molar-refractivity contribution in [3.63, 3.8) is 0 Å². The van der Waals surface area contributed by atoms with Crippen LogP contribution in [0.25, 0.3) is 10.2 Å². The minimum absolute atomic E-state index is 0.118. The molecule has 1 aliphatic heterocycles. The number of piperidine rings is 1. The fraction of sp³-hybridized carbons (Fsp3) is 0.364. The minimum Gasteiger partial charge on any atom is -0.467 e. The van der Waals surface area contributed by atoms with Gasteiger partial charge in [0.15, 0.2) is 0 Å². The zero-order valence-electron chi connectivity index (χ0n) is 16.0. The number of carbonyl (C=O) groups is 1. The lowest BCUT2D eigenvalue weighted by molar-refractivity contribution is 0.0595. The molecule has 0 aliphatic carbocycles. The summed E-state index contributed by atoms with van der Waals surface area (Å²) in [5, 5.41) is 0.734. The standard InChI is InChI=1S/C22H24N2O2S/c1-14-7-8-17(13-16(14)3)21(25)24-11-9-18(10-12-24)26-22-23-20-15(2)5-4-6-19(20)27-22/h4-8,13,18H,9-12H2,1-3H3. The number of aryl methyl sites for hydroxylation is 3. The highest BCUT2D eigenvalue weighted by Crippen LogP contribution is 2.31. The Kier molecular flexibility index (Phi) is 4.87. The molecular weight excluding hydrogens is 356 g/mol. The lowest BCUT2D eigenvalue weighted by Crippen LogP contribution is -2.41. The summed E-state index contributed by atoms with van der Waals surface area (Å²) in [5.74, 6) is 0.118. The van der Waals surface area contributed by atoms with E-state index in [0.717, 1.165) is 52.5 Å². The number of likely N-dealkylation sites (tertiary alicyclic amines) is 1. The second-order valence-electron chi connectivity index (χ2n) is 7.31. The van der Waals surface area contributed by atoms with E-state index in [1.165, 1.54) is 11.1 Å². The maximum atomic E-state index is 12.8. The van der Waals surface area contributed by atoms with Gasteiger partial charge in [-0.3, -0.25) is 4.79 Å². The van der Waals surface area contributed by atoms with Gasteiger partial charge in [0, 0.05) is 31.5 Å². The molecule has 0 saturated carbocycles. The average Bonchev–Trinajstić information content (AvgIpc) is 3.08. The molecule has 4 nitrogen and oxygen atoms in total. The highest BCUT2D eigenvalue weighted by atomic mass is 32.1. The van der Waals surface area contributed by atoms with Gasteiger partial charge in [0.2, 0.25) is 0 Å². The van der Waals surface area contributed by atoms with Gasteiger partial charge in [-0.25, -0.2) is 4.98 Å². The molecule has 0 spiro atoms. The van der Waals surface area contributed by atoms with Crippen molar-refractivity contribution < 1.29 is 9.53 Å². The number of ether oxygens (including phenoxy) is 1. The fourth-order valence-corrected chi connectivity index (χ4v) is 4.45. The van der Waals surface area contributed by atoms with Crippen LogP contribution in [0, 0.1) is 20.8 Å². The number of aromatic nitrogens is 1. The summed E-state index contributed by atoms with van der Waals surface area (Å²) in [6.45, 7) is 7.63. The SMILES string of the molecule is Cc1ccc(C(=O)N2CCC(Oc3nc4c(C)cccc4s3)CC2)cc1C. The summed E-state index contributed by atoms with van der Waals surface area (Å²) in [7, 11) is 0. The molecule has 2 heterocycles. The molecule has 1 amide bonds. The molecule has 0 bridgehead atoms. The summed E-state index contributed by atoms with van der Waals surface area (Å²) in [6.07, 6.45) is 1.80. The van der Waals surface area contributed by atoms with Gasteiger partial charge in [-0.1, -0.05) is 29.5 Å². The normalized spacial score (nSPS) is 15.3. The first-order valence-corrected chi connectivity index (χ1v) is 10.2. The van der Waals surface area contributed by atoms with E-state index < -0.39 is 0 Å². The second-order valence-corrected chi connectivity index (χ2v) is 8.30. The number of para-hydroxylation sites is 1. The van der Waals surface area contributed by atoms with E-state index in [-0.39, 0.29) is 12.0 Å². The molecule has 1 saturated heterocycles. The Hall–Kier alpha value is -2.40. The highest BCUT2D eigenvalue weighted by Gasteiger charge is 2.25. The Morgan fingerprint density at radius 2 is 1.85 bits per heavy atom. The molecule has 1 aliphatic rings. The third-order valence-corrected chi connectivity index (χ3v) is 6.26. The number of hydrogen-bond donors (Lipinski definition) is 0. The molecule has 27 heavy (non-hydrogen) atoms. The van der Waals surface area contributed by atoms with Crippen LogP contribution in [0.5, 0.6) is 5.19 Å². The summed E-state index contributed by atoms with van der Waals surface area (Å²) >= 11 is 1.60. The van der Waals surface area contributed by atoms with Gasteiger partial charge in [-0.05, 0) is 55.7 Å². The van der Waals surface area contributed by atoms with Gasteiger partial charge in [0.25, 0.3) is 11.1 Å². The van der Waals surface area contributed by atoms with Crippen LogP contribution in [-0.4, -0.2) is 35.0 Å². The predicted molar refractivity (Wildman–Crippen MR) is 110 cm³/mol. The topological polar surface area (TPSA) is 42.4 Å². The van der Waals surface area contributed by atoms with Crippen molar-refractivity contribution in [2.75, 3.05) is 13.1 Å². The third-order valence-electron chi connectivity index (χ3n) is 5.35. The van der Waals surface area contributed by atoms with Crippen LogP contribution >= 0.6 is 11.3 Å². The number of rotatable bonds is 3. The number of benzene rings is 2. The van der Waals surface area contributed by atoms with E-state index in [2.05, 4.69) is 37.0 Å². The van der Waals surface area contributed by atoms with E-state index in [0.29, 0.717) is 0 Å². The quantitative estimate of drug-likeness (QED) is 0.649. The number of hydrogen-bond acceptors (Lipinski definition) is 4. The molecule has 2 aromatic carbocycles. The van der Waals surface area contributed by atoms with Gasteiger partial charge in [-0.15, -0.1) is 0 Å². The maximum Gasteiger partial charge on any atom is 0.274 e. The van der Waals surface area contributed by atoms with Crippen molar-refractivity contribution in [1.29, 1.82) is 0 Å². The number of nitrogens with zero attached hydrogens (tertiary/aromatic N) is 2. The zero-order valence-corrected chi connectivity index (χ0v) is 16.8. The van der Waals surface area contributed by atoms with Crippen molar-refractivity contribution in [3.8, 4) is 5.19 Å². The Balaban J connectivity index is 1.38. The first-order chi connectivity index (χ1) is 13.0. The highest BCUT2D eigenvalue weighted by molar-refractivity contribution is 7.20. The monoisotopic (exact) mass is 380 g/mol. The molecule has 0 N–H and O–H groups in total. The van der Waals surface area contributed by atoms with Gasteiger partial charge in [-0.2, -0.15) is 0 Å². The van der Waals surface area contributed by atoms with Crippen LogP contribution in [0.2, 0.25) is 0 Å². The molecular formula is C22H24N2O2S. The van der Waals surface area contributed by atoms with Gasteiger partial charge < -0.3 is 9.64 Å². The van der Waals surface area contributed by atoms with Crippen LogP contribution in [0.4, 0.5) is 0 Å². The molecule has 4 rings (SSSR count). The number of amides is 1. The van der Waals surface area contributed by atoms with Gasteiger partial charge in [0.1, 0.15) is 6.10 Å². The molecule has 1 fully saturated rings. The van der Waals surface area contributed by atoms with Crippen molar-refractivity contribution in [2.24, 2.45) is 0 Å². The Morgan fingerprint density at radius 1 is 1.07 bits per heavy atom. The molecule has 0 radical (unpaired) electrons. The third kappa shape index (κ3) is 3.69. The minimum atomic E-state index is 0.118. The number of carbonyl (C=O) groups excluding carboxylic acids is 1. The van der Waals surface area contributed by atoms with Crippen molar-refractivity contribution in [3.05, 3.63) is 58.7 Å². The van der Waals surface area contributed by atoms with E-state index in [1.54, 1.807) is 11.3 Å². The predicted octanol–water partition coefficient (Wildman–Crippen LogP) is 4.91. The largest absolute Gasteiger partial charge is 0.467 e. The lowest BCUT2D eigenvalue weighted by atomic mass is 10.0. The van der Waals surface area contributed by atoms with E-state index in [9.17, 15) is 4.79 Å². The molecule has 1 aromatic heterocycles. The molecule has 0 atom stereocenters. The smallest absolute Gasteiger partial charge is 0.274 e. The summed E-state index contributed by atoms with van der Waals surface area (Å²) in [4.78, 5) is 19.3. The zero-order chi connectivity index (χ0) is 19.0. The Labute approximate surface area is 163 Å². The van der Waals surface area contributed by atoms with Crippen LogP contribution in [0.15, 0.2) is 36.4 Å². The molecule has 140 valence electrons. The first-order valence-electron chi connectivity index (χ1n) is 9.40. The average molecular weight is 381 g/mol. The lowest BCUT2D eigenvalue weighted by Gasteiger charge is -2.31. The van der Waals surface area contributed by atoms with Gasteiger partial charge in [0.05, 0.1) is 10.2 Å². The van der Waals surface area contributed by atoms with Crippen molar-refractivity contribution >= 4 is 27.5 Å². The first kappa shape index (κ1) is 18.0. The van der Waals surface area contributed by atoms with Crippen molar-refractivity contribution in [1.82, 2.24) is 9.88 Å². The van der Waals surface area contributed by atoms with Crippen molar-refractivity contribution in [2.45, 2.75) is 39.7 Å². The van der Waals surface area contributed by atoms with E-state index >= 15 is 0 Å². The summed E-state index contributed by atoms with van der Waals surface area (Å²) in [5.41, 5.74) is 5.35. The second kappa shape index (κ2) is 7.31. The van der Waals surface area contributed by atoms with Crippen LogP contribution < -0.4 is 4.74 Å². The molecule has 5 heteroatoms. The van der Waals surface area contributed by atoms with Crippen LogP contribution in [0.3, 0.4) is 0 Å². The van der Waals surface area contributed by atoms with Crippen LogP contribution in [-0.2, 0) is 0 Å². The number of fused-ring (bicyclic) bond motifs is 1. The van der Waals surface area contributed by atoms with Crippen LogP contribution in [0.1, 0.15) is 39.9 Å². The summed E-state index contributed by atoms with van der Waals surface area (Å²) in [6, 6.07) is 12.1. The summed E-state index contributed by atoms with van der Waals surface area (Å²) < 4.78 is 7.29. The fourth-order valence-electron chi connectivity index (χ4n) is 3.49. The van der Waals surface area contributed by atoms with Gasteiger partial charge >= 0.3 is 0 Å². The molecule has 3 aromatic rings. The van der Waals surface area contributed by atoms with E-state index in [1.807, 2.05) is 30.0 Å². The molecule has 0 unspecified atom stereocenters. The van der Waals surface area contributed by atoms with E-state index in [4.69, 9.17) is 4.74 Å². The Bertz CT molecular complexity index is 987. The Morgan fingerprint density at radius 3 is 2.56 bits per heavy atom.